The minimum absolute atomic E-state index is 0.108. The van der Waals surface area contributed by atoms with Crippen LogP contribution < -0.4 is 0 Å². The molecule has 2 heterocycles. The maximum atomic E-state index is 14.5. The molecule has 1 amide bonds. The van der Waals surface area contributed by atoms with Gasteiger partial charge in [0, 0.05) is 29.8 Å². The quantitative estimate of drug-likeness (QED) is 0.773. The highest BCUT2D eigenvalue weighted by molar-refractivity contribution is 9.10. The minimum Gasteiger partial charge on any atom is -0.369 e. The van der Waals surface area contributed by atoms with Gasteiger partial charge in [0.1, 0.15) is 17.5 Å². The summed E-state index contributed by atoms with van der Waals surface area (Å²) in [4.78, 5) is 17.3. The second kappa shape index (κ2) is 5.46. The van der Waals surface area contributed by atoms with Crippen molar-refractivity contribution >= 4 is 21.8 Å². The number of halogens is 4. The molecule has 0 unspecified atom stereocenters. The van der Waals surface area contributed by atoms with Gasteiger partial charge in [0.15, 0.2) is 0 Å². The van der Waals surface area contributed by atoms with E-state index in [-0.39, 0.29) is 18.8 Å². The number of ether oxygens (including phenoxy) is 1. The first kappa shape index (κ1) is 16.7. The van der Waals surface area contributed by atoms with E-state index in [0.29, 0.717) is 4.47 Å². The largest absolute Gasteiger partial charge is 0.369 e. The van der Waals surface area contributed by atoms with E-state index in [1.54, 1.807) is 0 Å². The fraction of sp³-hybridized carbons (Fsp3) is 0.533. The molecule has 4 nitrogen and oxygen atoms in total. The number of carbonyl (C=O) groups excluding carboxylic acids is 1. The summed E-state index contributed by atoms with van der Waals surface area (Å²) in [6, 6.07) is 4.20. The van der Waals surface area contributed by atoms with Crippen molar-refractivity contribution in [1.29, 1.82) is 0 Å². The number of fused-ring (bicyclic) bond motifs is 1. The lowest BCUT2D eigenvalue weighted by atomic mass is 9.77. The third-order valence-corrected chi connectivity index (χ3v) is 4.88. The first-order valence-electron chi connectivity index (χ1n) is 7.06. The standard InChI is InChI=1S/C15H15BrF3NO3/c1-8(21)20-15(10-5-9(16)3-4-12(10)17)7-22-13(14(2,18)19)11(15)6-23-20/h3-5,11,13H,6-7H2,1-2H3/t11-,13+,15-/m1/s1. The number of amides is 1. The average Bonchev–Trinajstić information content (AvgIpc) is 2.97. The van der Waals surface area contributed by atoms with Crippen LogP contribution in [0.25, 0.3) is 0 Å². The van der Waals surface area contributed by atoms with Crippen molar-refractivity contribution < 1.29 is 27.5 Å². The van der Waals surface area contributed by atoms with Crippen molar-refractivity contribution in [1.82, 2.24) is 5.06 Å². The Labute approximate surface area is 139 Å². The van der Waals surface area contributed by atoms with Gasteiger partial charge in [-0.05, 0) is 18.2 Å². The maximum Gasteiger partial charge on any atom is 0.271 e. The maximum absolute atomic E-state index is 14.5. The Kier molecular flexibility index (Phi) is 3.97. The highest BCUT2D eigenvalue weighted by Gasteiger charge is 2.65. The van der Waals surface area contributed by atoms with Crippen LogP contribution in [0.3, 0.4) is 0 Å². The second-order valence-electron chi connectivity index (χ2n) is 5.95. The molecule has 2 saturated heterocycles. The Morgan fingerprint density at radius 2 is 2.17 bits per heavy atom. The molecular weight excluding hydrogens is 379 g/mol. The van der Waals surface area contributed by atoms with Gasteiger partial charge >= 0.3 is 0 Å². The average molecular weight is 394 g/mol. The summed E-state index contributed by atoms with van der Waals surface area (Å²) in [6.07, 6.45) is -1.45. The molecule has 8 heteroatoms. The van der Waals surface area contributed by atoms with Crippen LogP contribution in [0.1, 0.15) is 19.4 Å². The number of benzene rings is 1. The Balaban J connectivity index is 2.17. The molecule has 2 aliphatic rings. The van der Waals surface area contributed by atoms with Gasteiger partial charge in [0.25, 0.3) is 5.92 Å². The molecule has 2 aliphatic heterocycles. The number of carbonyl (C=O) groups is 1. The molecule has 0 radical (unpaired) electrons. The predicted octanol–water partition coefficient (Wildman–Crippen LogP) is 3.25. The summed E-state index contributed by atoms with van der Waals surface area (Å²) in [7, 11) is 0. The summed E-state index contributed by atoms with van der Waals surface area (Å²) in [5.74, 6) is -5.09. The van der Waals surface area contributed by atoms with Crippen molar-refractivity contribution in [2.24, 2.45) is 5.92 Å². The predicted molar refractivity (Wildman–Crippen MR) is 78.1 cm³/mol. The summed E-state index contributed by atoms with van der Waals surface area (Å²) in [5.41, 5.74) is -1.29. The van der Waals surface area contributed by atoms with Crippen LogP contribution in [-0.4, -0.2) is 36.2 Å². The fourth-order valence-corrected chi connectivity index (χ4v) is 3.84. The molecule has 0 bridgehead atoms. The van der Waals surface area contributed by atoms with E-state index in [0.717, 1.165) is 12.0 Å². The van der Waals surface area contributed by atoms with Gasteiger partial charge in [-0.1, -0.05) is 15.9 Å². The third kappa shape index (κ3) is 2.47. The van der Waals surface area contributed by atoms with Crippen molar-refractivity contribution in [2.45, 2.75) is 31.4 Å². The fourth-order valence-electron chi connectivity index (χ4n) is 3.48. The third-order valence-electron chi connectivity index (χ3n) is 4.39. The van der Waals surface area contributed by atoms with E-state index >= 15 is 0 Å². The topological polar surface area (TPSA) is 38.8 Å². The molecule has 0 saturated carbocycles. The molecular formula is C15H15BrF3NO3. The van der Waals surface area contributed by atoms with Crippen molar-refractivity contribution in [3.8, 4) is 0 Å². The zero-order chi connectivity index (χ0) is 17.0. The van der Waals surface area contributed by atoms with Gasteiger partial charge in [-0.15, -0.1) is 0 Å². The highest BCUT2D eigenvalue weighted by atomic mass is 79.9. The monoisotopic (exact) mass is 393 g/mol. The Hall–Kier alpha value is -1.12. The second-order valence-corrected chi connectivity index (χ2v) is 6.87. The smallest absolute Gasteiger partial charge is 0.271 e. The van der Waals surface area contributed by atoms with E-state index in [4.69, 9.17) is 9.57 Å². The molecule has 23 heavy (non-hydrogen) atoms. The molecule has 2 fully saturated rings. The van der Waals surface area contributed by atoms with Crippen LogP contribution >= 0.6 is 15.9 Å². The lowest BCUT2D eigenvalue weighted by Gasteiger charge is -2.35. The minimum atomic E-state index is -3.13. The van der Waals surface area contributed by atoms with E-state index in [2.05, 4.69) is 15.9 Å². The Bertz CT molecular complexity index is 651. The van der Waals surface area contributed by atoms with Crippen molar-refractivity contribution in [2.75, 3.05) is 13.2 Å². The molecule has 0 N–H and O–H groups in total. The van der Waals surface area contributed by atoms with Crippen LogP contribution in [0.15, 0.2) is 22.7 Å². The van der Waals surface area contributed by atoms with Crippen LogP contribution in [0.5, 0.6) is 0 Å². The van der Waals surface area contributed by atoms with Gasteiger partial charge in [0.05, 0.1) is 13.2 Å². The zero-order valence-electron chi connectivity index (χ0n) is 12.5. The van der Waals surface area contributed by atoms with E-state index in [1.165, 1.54) is 25.1 Å². The Morgan fingerprint density at radius 3 is 2.78 bits per heavy atom. The van der Waals surface area contributed by atoms with E-state index in [9.17, 15) is 18.0 Å². The highest BCUT2D eigenvalue weighted by Crippen LogP contribution is 2.52. The summed E-state index contributed by atoms with van der Waals surface area (Å²) in [5, 5.41) is 0.980. The number of hydrogen-bond donors (Lipinski definition) is 0. The summed E-state index contributed by atoms with van der Waals surface area (Å²) < 4.78 is 48.1. The molecule has 0 aromatic heterocycles. The normalized spacial score (nSPS) is 30.6. The molecule has 3 atom stereocenters. The first-order valence-corrected chi connectivity index (χ1v) is 7.86. The van der Waals surface area contributed by atoms with Gasteiger partial charge in [0.2, 0.25) is 5.91 Å². The van der Waals surface area contributed by atoms with E-state index in [1.807, 2.05) is 0 Å². The van der Waals surface area contributed by atoms with Crippen LogP contribution in [0.2, 0.25) is 0 Å². The summed E-state index contributed by atoms with van der Waals surface area (Å²) >= 11 is 3.25. The number of hydroxylamine groups is 2. The Morgan fingerprint density at radius 1 is 1.48 bits per heavy atom. The number of alkyl halides is 2. The van der Waals surface area contributed by atoms with E-state index < -0.39 is 35.2 Å². The van der Waals surface area contributed by atoms with Crippen LogP contribution in [0.4, 0.5) is 13.2 Å². The lowest BCUT2D eigenvalue weighted by molar-refractivity contribution is -0.196. The molecule has 3 rings (SSSR count). The zero-order valence-corrected chi connectivity index (χ0v) is 14.1. The van der Waals surface area contributed by atoms with Gasteiger partial charge in [-0.2, -0.15) is 0 Å². The molecule has 0 spiro atoms. The first-order chi connectivity index (χ1) is 10.7. The van der Waals surface area contributed by atoms with Crippen molar-refractivity contribution in [3.63, 3.8) is 0 Å². The van der Waals surface area contributed by atoms with Gasteiger partial charge in [-0.3, -0.25) is 9.63 Å². The number of nitrogens with zero attached hydrogens (tertiary/aromatic N) is 1. The van der Waals surface area contributed by atoms with Crippen LogP contribution in [-0.2, 0) is 19.9 Å². The van der Waals surface area contributed by atoms with Gasteiger partial charge < -0.3 is 4.74 Å². The van der Waals surface area contributed by atoms with Gasteiger partial charge in [-0.25, -0.2) is 18.2 Å². The molecule has 126 valence electrons. The number of hydrogen-bond acceptors (Lipinski definition) is 3. The molecule has 1 aromatic carbocycles. The SMILES string of the molecule is CC(=O)N1OC[C@@H]2[C@@H](C(C)(F)F)OC[C@@]21c1cc(Br)ccc1F. The molecule has 0 aliphatic carbocycles. The molecule has 1 aromatic rings. The van der Waals surface area contributed by atoms with Crippen LogP contribution in [0, 0.1) is 11.7 Å². The summed E-state index contributed by atoms with van der Waals surface area (Å²) in [6.45, 7) is 1.61. The number of rotatable bonds is 2. The lowest BCUT2D eigenvalue weighted by Crippen LogP contribution is -2.49. The van der Waals surface area contributed by atoms with Crippen molar-refractivity contribution in [3.05, 3.63) is 34.1 Å².